The second-order valence-electron chi connectivity index (χ2n) is 5.11. The molecule has 1 heterocycles. The lowest BCUT2D eigenvalue weighted by molar-refractivity contribution is 0.463. The van der Waals surface area contributed by atoms with E-state index in [9.17, 15) is 0 Å². The lowest BCUT2D eigenvalue weighted by atomic mass is 10.1. The Morgan fingerprint density at radius 1 is 1.26 bits per heavy atom. The number of hydrogen-bond donors (Lipinski definition) is 2. The van der Waals surface area contributed by atoms with E-state index in [0.29, 0.717) is 30.5 Å². The highest BCUT2D eigenvalue weighted by Crippen LogP contribution is 2.08. The zero-order valence-electron chi connectivity index (χ0n) is 13.7. The van der Waals surface area contributed by atoms with Crippen molar-refractivity contribution in [3.63, 3.8) is 0 Å². The molecule has 0 unspecified atom stereocenters. The highest BCUT2D eigenvalue weighted by molar-refractivity contribution is 5.79. The minimum atomic E-state index is 0.480. The summed E-state index contributed by atoms with van der Waals surface area (Å²) in [5.74, 6) is 2.18. The number of benzene rings is 1. The molecular formula is C17H21N5O. The molecule has 0 atom stereocenters. The zero-order valence-corrected chi connectivity index (χ0v) is 13.7. The molecule has 120 valence electrons. The van der Waals surface area contributed by atoms with Crippen LogP contribution in [0, 0.1) is 25.2 Å². The van der Waals surface area contributed by atoms with Crippen molar-refractivity contribution in [2.75, 3.05) is 6.54 Å². The van der Waals surface area contributed by atoms with Crippen LogP contribution in [0.4, 0.5) is 0 Å². The van der Waals surface area contributed by atoms with Gasteiger partial charge in [0.2, 0.25) is 5.89 Å². The van der Waals surface area contributed by atoms with Crippen molar-refractivity contribution in [3.8, 4) is 6.07 Å². The molecule has 0 aliphatic rings. The first kappa shape index (κ1) is 16.6. The van der Waals surface area contributed by atoms with Gasteiger partial charge in [0.05, 0.1) is 30.4 Å². The summed E-state index contributed by atoms with van der Waals surface area (Å²) in [5.41, 5.74) is 2.60. The lowest BCUT2D eigenvalue weighted by Crippen LogP contribution is -2.36. The molecule has 0 fully saturated rings. The van der Waals surface area contributed by atoms with Crippen molar-refractivity contribution in [2.45, 2.75) is 33.9 Å². The van der Waals surface area contributed by atoms with Gasteiger partial charge in [-0.1, -0.05) is 12.1 Å². The summed E-state index contributed by atoms with van der Waals surface area (Å²) < 4.78 is 5.54. The first-order chi connectivity index (χ1) is 11.1. The van der Waals surface area contributed by atoms with Crippen LogP contribution < -0.4 is 10.6 Å². The SMILES string of the molecule is CCNC(=NCc1ccc(C#N)cc1)NCc1nc(C)c(C)o1. The van der Waals surface area contributed by atoms with E-state index in [1.807, 2.05) is 32.9 Å². The normalized spacial score (nSPS) is 11.1. The molecule has 1 aromatic carbocycles. The highest BCUT2D eigenvalue weighted by Gasteiger charge is 2.06. The Morgan fingerprint density at radius 3 is 2.57 bits per heavy atom. The molecule has 2 aromatic rings. The van der Waals surface area contributed by atoms with Crippen LogP contribution in [0.5, 0.6) is 0 Å². The number of rotatable bonds is 5. The summed E-state index contributed by atoms with van der Waals surface area (Å²) in [4.78, 5) is 8.86. The maximum atomic E-state index is 8.80. The van der Waals surface area contributed by atoms with Crippen LogP contribution in [0.3, 0.4) is 0 Å². The molecule has 0 saturated heterocycles. The van der Waals surface area contributed by atoms with Gasteiger partial charge in [0, 0.05) is 6.54 Å². The molecule has 2 rings (SSSR count). The first-order valence-electron chi connectivity index (χ1n) is 7.56. The molecular weight excluding hydrogens is 290 g/mol. The minimum absolute atomic E-state index is 0.480. The van der Waals surface area contributed by atoms with Gasteiger partial charge in [0.15, 0.2) is 5.96 Å². The van der Waals surface area contributed by atoms with E-state index >= 15 is 0 Å². The molecule has 0 bridgehead atoms. The van der Waals surface area contributed by atoms with Crippen LogP contribution in [0.2, 0.25) is 0 Å². The Labute approximate surface area is 136 Å². The third kappa shape index (κ3) is 4.85. The van der Waals surface area contributed by atoms with Gasteiger partial charge in [-0.25, -0.2) is 9.98 Å². The Hall–Kier alpha value is -2.81. The summed E-state index contributed by atoms with van der Waals surface area (Å²) in [7, 11) is 0. The average Bonchev–Trinajstić information content (AvgIpc) is 2.89. The van der Waals surface area contributed by atoms with Crippen LogP contribution in [-0.4, -0.2) is 17.5 Å². The molecule has 23 heavy (non-hydrogen) atoms. The number of hydrogen-bond acceptors (Lipinski definition) is 4. The standard InChI is InChI=1S/C17H21N5O/c1-4-19-17(21-11-16-22-12(2)13(3)23-16)20-10-15-7-5-14(9-18)6-8-15/h5-8H,4,10-11H2,1-3H3,(H2,19,20,21). The predicted molar refractivity (Wildman–Crippen MR) is 88.8 cm³/mol. The van der Waals surface area contributed by atoms with Crippen LogP contribution in [0.15, 0.2) is 33.7 Å². The molecule has 1 aromatic heterocycles. The number of nitrogens with one attached hydrogen (secondary N) is 2. The van der Waals surface area contributed by atoms with E-state index in [-0.39, 0.29) is 0 Å². The van der Waals surface area contributed by atoms with Crippen LogP contribution in [-0.2, 0) is 13.1 Å². The predicted octanol–water partition coefficient (Wildman–Crippen LogP) is 2.42. The summed E-state index contributed by atoms with van der Waals surface area (Å²) in [6, 6.07) is 9.52. The molecule has 2 N–H and O–H groups in total. The van der Waals surface area contributed by atoms with Crippen molar-refractivity contribution >= 4 is 5.96 Å². The second kappa shape index (κ2) is 7.99. The number of oxazole rings is 1. The molecule has 6 heteroatoms. The summed E-state index contributed by atoms with van der Waals surface area (Å²) in [6.45, 7) is 7.61. The monoisotopic (exact) mass is 311 g/mol. The summed E-state index contributed by atoms with van der Waals surface area (Å²) in [5, 5.41) is 15.2. The molecule has 0 amide bonds. The van der Waals surface area contributed by atoms with E-state index in [1.54, 1.807) is 12.1 Å². The Kier molecular flexibility index (Phi) is 5.75. The van der Waals surface area contributed by atoms with Gasteiger partial charge in [-0.15, -0.1) is 0 Å². The quantitative estimate of drug-likeness (QED) is 0.654. The van der Waals surface area contributed by atoms with Crippen LogP contribution in [0.25, 0.3) is 0 Å². The Balaban J connectivity index is 1.97. The number of aromatic nitrogens is 1. The maximum Gasteiger partial charge on any atom is 0.214 e. The van der Waals surface area contributed by atoms with Crippen molar-refractivity contribution < 1.29 is 4.42 Å². The van der Waals surface area contributed by atoms with E-state index in [1.165, 1.54) is 0 Å². The topological polar surface area (TPSA) is 86.2 Å². The summed E-state index contributed by atoms with van der Waals surface area (Å²) in [6.07, 6.45) is 0. The Morgan fingerprint density at radius 2 is 2.00 bits per heavy atom. The van der Waals surface area contributed by atoms with Gasteiger partial charge in [-0.2, -0.15) is 5.26 Å². The van der Waals surface area contributed by atoms with Crippen molar-refractivity contribution in [2.24, 2.45) is 4.99 Å². The van der Waals surface area contributed by atoms with Crippen LogP contribution >= 0.6 is 0 Å². The fraction of sp³-hybridized carbons (Fsp3) is 0.353. The van der Waals surface area contributed by atoms with Gasteiger partial charge in [0.25, 0.3) is 0 Å². The van der Waals surface area contributed by atoms with Gasteiger partial charge in [0.1, 0.15) is 5.76 Å². The van der Waals surface area contributed by atoms with Gasteiger partial charge >= 0.3 is 0 Å². The fourth-order valence-corrected chi connectivity index (χ4v) is 1.97. The molecule has 0 saturated carbocycles. The molecule has 0 aliphatic carbocycles. The zero-order chi connectivity index (χ0) is 16.7. The average molecular weight is 311 g/mol. The Bertz CT molecular complexity index is 690. The van der Waals surface area contributed by atoms with E-state index < -0.39 is 0 Å². The lowest BCUT2D eigenvalue weighted by Gasteiger charge is -2.09. The number of aryl methyl sites for hydroxylation is 2. The molecule has 0 radical (unpaired) electrons. The first-order valence-corrected chi connectivity index (χ1v) is 7.56. The molecule has 6 nitrogen and oxygen atoms in total. The van der Waals surface area contributed by atoms with Crippen molar-refractivity contribution in [1.29, 1.82) is 5.26 Å². The molecule has 0 aliphatic heterocycles. The van der Waals surface area contributed by atoms with Crippen LogP contribution in [0.1, 0.15) is 35.4 Å². The fourth-order valence-electron chi connectivity index (χ4n) is 1.97. The van der Waals surface area contributed by atoms with Gasteiger partial charge in [-0.3, -0.25) is 0 Å². The van der Waals surface area contributed by atoms with E-state index in [0.717, 1.165) is 23.6 Å². The molecule has 0 spiro atoms. The van der Waals surface area contributed by atoms with E-state index in [2.05, 4.69) is 26.7 Å². The van der Waals surface area contributed by atoms with Gasteiger partial charge < -0.3 is 15.1 Å². The second-order valence-corrected chi connectivity index (χ2v) is 5.11. The smallest absolute Gasteiger partial charge is 0.214 e. The number of nitrogens with zero attached hydrogens (tertiary/aromatic N) is 3. The van der Waals surface area contributed by atoms with E-state index in [4.69, 9.17) is 9.68 Å². The van der Waals surface area contributed by atoms with Crippen molar-refractivity contribution in [3.05, 3.63) is 52.7 Å². The minimum Gasteiger partial charge on any atom is -0.444 e. The number of guanidine groups is 1. The summed E-state index contributed by atoms with van der Waals surface area (Å²) >= 11 is 0. The third-order valence-corrected chi connectivity index (χ3v) is 3.33. The van der Waals surface area contributed by atoms with Gasteiger partial charge in [-0.05, 0) is 38.5 Å². The highest BCUT2D eigenvalue weighted by atomic mass is 16.4. The number of aliphatic imine (C=N–C) groups is 1. The largest absolute Gasteiger partial charge is 0.444 e. The number of nitriles is 1. The third-order valence-electron chi connectivity index (χ3n) is 3.33. The van der Waals surface area contributed by atoms with Crippen molar-refractivity contribution in [1.82, 2.24) is 15.6 Å². The maximum absolute atomic E-state index is 8.80.